The Hall–Kier alpha value is -0.620. The van der Waals surface area contributed by atoms with Crippen LogP contribution in [0.15, 0.2) is 4.99 Å². The normalized spacial score (nSPS) is 19.9. The molecule has 1 fully saturated rings. The van der Waals surface area contributed by atoms with Crippen molar-refractivity contribution in [3.63, 3.8) is 0 Å². The lowest BCUT2D eigenvalue weighted by Gasteiger charge is -2.28. The van der Waals surface area contributed by atoms with E-state index < -0.39 is 10.8 Å². The molecule has 5 nitrogen and oxygen atoms in total. The highest BCUT2D eigenvalue weighted by atomic mass is 32.2. The first-order valence-corrected chi connectivity index (χ1v) is 6.37. The molecule has 0 aromatic heterocycles. The number of nitrogens with zero attached hydrogens (tertiary/aromatic N) is 2. The Balaban J connectivity index is 2.48. The van der Waals surface area contributed by atoms with Crippen molar-refractivity contribution >= 4 is 16.8 Å². The molecule has 0 saturated carbocycles. The lowest BCUT2D eigenvalue weighted by molar-refractivity contribution is 0.436. The molecule has 0 atom stereocenters. The second-order valence-electron chi connectivity index (χ2n) is 3.18. The number of nitrogens with two attached hydrogens (primary N) is 1. The van der Waals surface area contributed by atoms with Crippen LogP contribution in [0.25, 0.3) is 0 Å². The Morgan fingerprint density at radius 2 is 2.21 bits per heavy atom. The highest BCUT2D eigenvalue weighted by Gasteiger charge is 2.17. The van der Waals surface area contributed by atoms with Gasteiger partial charge in [-0.25, -0.2) is 5.84 Å². The number of aliphatic imine (C=N–C) groups is 1. The topological polar surface area (TPSA) is 70.7 Å². The minimum absolute atomic E-state index is 0.650. The zero-order valence-electron chi connectivity index (χ0n) is 8.53. The van der Waals surface area contributed by atoms with Crippen LogP contribution in [-0.2, 0) is 10.8 Å². The maximum Gasteiger partial charge on any atom is 0.208 e. The summed E-state index contributed by atoms with van der Waals surface area (Å²) < 4.78 is 11.1. The van der Waals surface area contributed by atoms with Gasteiger partial charge >= 0.3 is 0 Å². The highest BCUT2D eigenvalue weighted by Crippen LogP contribution is 2.00. The van der Waals surface area contributed by atoms with Gasteiger partial charge in [0.15, 0.2) is 0 Å². The zero-order chi connectivity index (χ0) is 10.4. The summed E-state index contributed by atoms with van der Waals surface area (Å²) in [5.74, 6) is 7.54. The van der Waals surface area contributed by atoms with Crippen LogP contribution in [0.5, 0.6) is 0 Å². The highest BCUT2D eigenvalue weighted by molar-refractivity contribution is 7.85. The van der Waals surface area contributed by atoms with E-state index in [1.165, 1.54) is 0 Å². The minimum atomic E-state index is -0.650. The molecule has 0 aromatic rings. The van der Waals surface area contributed by atoms with E-state index in [1.54, 1.807) is 0 Å². The Morgan fingerprint density at radius 1 is 1.57 bits per heavy atom. The predicted molar refractivity (Wildman–Crippen MR) is 59.4 cm³/mol. The monoisotopic (exact) mass is 218 g/mol. The molecule has 1 rings (SSSR count). The first-order chi connectivity index (χ1) is 6.77. The standard InChI is InChI=1S/C8H18N4OS/c1-2-3-10-8(11-9)12-4-6-14(13)7-5-12/h2-7,9H2,1H3,(H,10,11). The van der Waals surface area contributed by atoms with Gasteiger partial charge in [-0.05, 0) is 6.42 Å². The lowest BCUT2D eigenvalue weighted by Crippen LogP contribution is -2.50. The second-order valence-corrected chi connectivity index (χ2v) is 4.88. The molecule has 0 spiro atoms. The summed E-state index contributed by atoms with van der Waals surface area (Å²) in [5, 5.41) is 0. The number of guanidine groups is 1. The zero-order valence-corrected chi connectivity index (χ0v) is 9.35. The van der Waals surface area contributed by atoms with Gasteiger partial charge in [-0.1, -0.05) is 6.92 Å². The fraction of sp³-hybridized carbons (Fsp3) is 0.875. The Bertz CT molecular complexity index is 221. The lowest BCUT2D eigenvalue weighted by atomic mass is 10.5. The molecule has 1 aliphatic rings. The van der Waals surface area contributed by atoms with Gasteiger partial charge < -0.3 is 4.90 Å². The number of hydrazine groups is 1. The molecule has 1 aliphatic heterocycles. The van der Waals surface area contributed by atoms with Crippen molar-refractivity contribution < 1.29 is 4.21 Å². The van der Waals surface area contributed by atoms with Crippen LogP contribution in [0.1, 0.15) is 13.3 Å². The molecule has 0 aliphatic carbocycles. The number of hydrogen-bond donors (Lipinski definition) is 2. The van der Waals surface area contributed by atoms with E-state index in [4.69, 9.17) is 5.84 Å². The van der Waals surface area contributed by atoms with Crippen molar-refractivity contribution in [1.29, 1.82) is 0 Å². The van der Waals surface area contributed by atoms with Gasteiger partial charge in [0.2, 0.25) is 5.96 Å². The summed E-state index contributed by atoms with van der Waals surface area (Å²) in [6.07, 6.45) is 1.00. The van der Waals surface area contributed by atoms with E-state index in [1.807, 2.05) is 0 Å². The Labute approximate surface area is 87.2 Å². The third kappa shape index (κ3) is 3.26. The van der Waals surface area contributed by atoms with Crippen LogP contribution in [0.3, 0.4) is 0 Å². The van der Waals surface area contributed by atoms with Crippen LogP contribution in [0.2, 0.25) is 0 Å². The van der Waals surface area contributed by atoms with Gasteiger partial charge in [0.05, 0.1) is 0 Å². The van der Waals surface area contributed by atoms with Crippen LogP contribution in [0, 0.1) is 0 Å². The van der Waals surface area contributed by atoms with Crippen LogP contribution in [-0.4, -0.2) is 46.2 Å². The summed E-state index contributed by atoms with van der Waals surface area (Å²) in [5.41, 5.74) is 2.60. The summed E-state index contributed by atoms with van der Waals surface area (Å²) in [7, 11) is -0.650. The predicted octanol–water partition coefficient (Wildman–Crippen LogP) is -0.720. The van der Waals surface area contributed by atoms with Gasteiger partial charge in [-0.2, -0.15) is 0 Å². The van der Waals surface area contributed by atoms with Gasteiger partial charge in [0.1, 0.15) is 0 Å². The molecule has 14 heavy (non-hydrogen) atoms. The van der Waals surface area contributed by atoms with Gasteiger partial charge in [0.25, 0.3) is 0 Å². The average molecular weight is 218 g/mol. The largest absolute Gasteiger partial charge is 0.340 e. The first-order valence-electron chi connectivity index (χ1n) is 4.89. The third-order valence-electron chi connectivity index (χ3n) is 2.09. The Kier molecular flexibility index (Phi) is 4.89. The van der Waals surface area contributed by atoms with E-state index in [0.717, 1.165) is 32.0 Å². The number of rotatable bonds is 2. The Morgan fingerprint density at radius 3 is 2.71 bits per heavy atom. The second kappa shape index (κ2) is 5.98. The molecule has 0 amide bonds. The molecular weight excluding hydrogens is 200 g/mol. The van der Waals surface area contributed by atoms with Crippen LogP contribution >= 0.6 is 0 Å². The summed E-state index contributed by atoms with van der Waals surface area (Å²) >= 11 is 0. The van der Waals surface area contributed by atoms with E-state index in [2.05, 4.69) is 22.2 Å². The summed E-state index contributed by atoms with van der Waals surface area (Å²) in [6.45, 7) is 4.40. The quantitative estimate of drug-likeness (QED) is 0.278. The molecule has 0 radical (unpaired) electrons. The fourth-order valence-electron chi connectivity index (χ4n) is 1.30. The average Bonchev–Trinajstić information content (AvgIpc) is 2.21. The van der Waals surface area contributed by atoms with Gasteiger partial charge in [-0.15, -0.1) is 0 Å². The van der Waals surface area contributed by atoms with E-state index >= 15 is 0 Å². The van der Waals surface area contributed by atoms with Crippen molar-refractivity contribution in [1.82, 2.24) is 10.3 Å². The molecular formula is C8H18N4OS. The van der Waals surface area contributed by atoms with Crippen molar-refractivity contribution in [2.24, 2.45) is 10.8 Å². The maximum absolute atomic E-state index is 11.1. The van der Waals surface area contributed by atoms with Crippen LogP contribution < -0.4 is 11.3 Å². The van der Waals surface area contributed by atoms with Crippen molar-refractivity contribution in [3.05, 3.63) is 0 Å². The van der Waals surface area contributed by atoms with E-state index in [-0.39, 0.29) is 0 Å². The summed E-state index contributed by atoms with van der Waals surface area (Å²) in [6, 6.07) is 0. The van der Waals surface area contributed by atoms with E-state index in [9.17, 15) is 4.21 Å². The SMILES string of the molecule is CCCN=C(NN)N1CCS(=O)CC1. The molecule has 6 heteroatoms. The third-order valence-corrected chi connectivity index (χ3v) is 3.37. The van der Waals surface area contributed by atoms with Crippen LogP contribution in [0.4, 0.5) is 0 Å². The molecule has 0 bridgehead atoms. The molecule has 1 saturated heterocycles. The smallest absolute Gasteiger partial charge is 0.208 e. The molecule has 82 valence electrons. The number of hydrogen-bond acceptors (Lipinski definition) is 3. The number of nitrogens with one attached hydrogen (secondary N) is 1. The molecule has 1 heterocycles. The first kappa shape index (κ1) is 11.5. The van der Waals surface area contributed by atoms with Gasteiger partial charge in [-0.3, -0.25) is 14.6 Å². The summed E-state index contributed by atoms with van der Waals surface area (Å²) in [4.78, 5) is 6.37. The minimum Gasteiger partial charge on any atom is -0.340 e. The molecule has 3 N–H and O–H groups in total. The van der Waals surface area contributed by atoms with Gasteiger partial charge in [0, 0.05) is 41.9 Å². The molecule has 0 aromatic carbocycles. The van der Waals surface area contributed by atoms with E-state index in [0.29, 0.717) is 11.5 Å². The fourth-order valence-corrected chi connectivity index (χ4v) is 2.36. The van der Waals surface area contributed by atoms with Crippen molar-refractivity contribution in [3.8, 4) is 0 Å². The van der Waals surface area contributed by atoms with Crippen molar-refractivity contribution in [2.45, 2.75) is 13.3 Å². The van der Waals surface area contributed by atoms with Crippen molar-refractivity contribution in [2.75, 3.05) is 31.1 Å². The molecule has 0 unspecified atom stereocenters. The maximum atomic E-state index is 11.1.